The van der Waals surface area contributed by atoms with Crippen molar-refractivity contribution in [3.8, 4) is 5.75 Å². The number of hydrogen-bond acceptors (Lipinski definition) is 4. The molecular formula is C22H25F4NO3S. The molecule has 9 heteroatoms. The van der Waals surface area contributed by atoms with Gasteiger partial charge in [-0.1, -0.05) is 12.1 Å². The number of halogens is 4. The Hall–Kier alpha value is -2.13. The number of nitrogens with zero attached hydrogens (tertiary/aromatic N) is 1. The predicted molar refractivity (Wildman–Crippen MR) is 109 cm³/mol. The van der Waals surface area contributed by atoms with Gasteiger partial charge < -0.3 is 4.74 Å². The third-order valence-corrected chi connectivity index (χ3v) is 7.01. The highest BCUT2D eigenvalue weighted by atomic mass is 32.2. The average Bonchev–Trinajstić information content (AvgIpc) is 3.08. The van der Waals surface area contributed by atoms with E-state index in [0.717, 1.165) is 11.3 Å². The van der Waals surface area contributed by atoms with Gasteiger partial charge in [-0.05, 0) is 68.6 Å². The Labute approximate surface area is 179 Å². The molecule has 0 amide bonds. The van der Waals surface area contributed by atoms with Gasteiger partial charge in [-0.25, -0.2) is 12.8 Å². The van der Waals surface area contributed by atoms with E-state index in [4.69, 9.17) is 4.74 Å². The summed E-state index contributed by atoms with van der Waals surface area (Å²) in [4.78, 5) is 1.20. The molecule has 0 aliphatic carbocycles. The van der Waals surface area contributed by atoms with Crippen molar-refractivity contribution in [1.82, 2.24) is 4.90 Å². The number of hydrogen-bond donors (Lipinski definition) is 0. The van der Waals surface area contributed by atoms with E-state index in [2.05, 4.69) is 4.90 Å². The fourth-order valence-corrected chi connectivity index (χ4v) is 5.46. The van der Waals surface area contributed by atoms with Crippen LogP contribution in [0.15, 0.2) is 47.4 Å². The van der Waals surface area contributed by atoms with Crippen LogP contribution >= 0.6 is 0 Å². The van der Waals surface area contributed by atoms with Gasteiger partial charge in [0.25, 0.3) is 0 Å². The minimum atomic E-state index is -4.74. The van der Waals surface area contributed by atoms with Gasteiger partial charge in [-0.3, -0.25) is 4.90 Å². The topological polar surface area (TPSA) is 46.6 Å². The third kappa shape index (κ3) is 6.20. The van der Waals surface area contributed by atoms with Gasteiger partial charge in [-0.2, -0.15) is 13.2 Å². The van der Waals surface area contributed by atoms with Gasteiger partial charge in [0.05, 0.1) is 17.4 Å². The van der Waals surface area contributed by atoms with E-state index in [1.54, 1.807) is 0 Å². The van der Waals surface area contributed by atoms with Crippen LogP contribution in [0, 0.1) is 11.7 Å². The lowest BCUT2D eigenvalue weighted by Gasteiger charge is -2.17. The standard InChI is InChI=1S/C22H25F4NO3S/c1-15(2)30-19-6-3-16(4-7-19)12-27-10-9-17(13-27)14-31(28,29)21-11-18(22(24,25)26)5-8-20(21)23/h3-8,11,15,17H,9-10,12-14H2,1-2H3/t17-/m1/s1. The van der Waals surface area contributed by atoms with Crippen LogP contribution in [0.4, 0.5) is 17.6 Å². The van der Waals surface area contributed by atoms with Crippen LogP contribution in [0.5, 0.6) is 5.75 Å². The summed E-state index contributed by atoms with van der Waals surface area (Å²) in [7, 11) is -4.19. The molecule has 31 heavy (non-hydrogen) atoms. The average molecular weight is 460 g/mol. The molecule has 2 aromatic rings. The quantitative estimate of drug-likeness (QED) is 0.551. The zero-order chi connectivity index (χ0) is 22.8. The minimum absolute atomic E-state index is 0.0776. The molecule has 0 unspecified atom stereocenters. The first-order valence-electron chi connectivity index (χ1n) is 10.0. The number of alkyl halides is 3. The number of likely N-dealkylation sites (tertiary alicyclic amines) is 1. The van der Waals surface area contributed by atoms with Gasteiger partial charge in [0.2, 0.25) is 0 Å². The zero-order valence-electron chi connectivity index (χ0n) is 17.3. The Balaban J connectivity index is 1.63. The normalized spacial score (nSPS) is 18.0. The summed E-state index contributed by atoms with van der Waals surface area (Å²) in [5.41, 5.74) is -0.131. The van der Waals surface area contributed by atoms with Crippen molar-refractivity contribution in [2.75, 3.05) is 18.8 Å². The first-order chi connectivity index (χ1) is 14.4. The Morgan fingerprint density at radius 2 is 1.81 bits per heavy atom. The molecule has 0 aromatic heterocycles. The molecule has 1 fully saturated rings. The Morgan fingerprint density at radius 3 is 2.42 bits per heavy atom. The van der Waals surface area contributed by atoms with Crippen molar-refractivity contribution in [2.45, 2.75) is 44.0 Å². The highest BCUT2D eigenvalue weighted by molar-refractivity contribution is 7.91. The van der Waals surface area contributed by atoms with Crippen molar-refractivity contribution in [3.05, 3.63) is 59.4 Å². The maximum absolute atomic E-state index is 14.0. The molecule has 1 heterocycles. The van der Waals surface area contributed by atoms with E-state index in [9.17, 15) is 26.0 Å². The van der Waals surface area contributed by atoms with Crippen molar-refractivity contribution < 1.29 is 30.7 Å². The lowest BCUT2D eigenvalue weighted by atomic mass is 10.1. The number of ether oxygens (including phenoxy) is 1. The van der Waals surface area contributed by atoms with Crippen LogP contribution in [0.2, 0.25) is 0 Å². The van der Waals surface area contributed by atoms with Crippen molar-refractivity contribution in [2.24, 2.45) is 5.92 Å². The van der Waals surface area contributed by atoms with Gasteiger partial charge in [-0.15, -0.1) is 0 Å². The van der Waals surface area contributed by atoms with Gasteiger partial charge in [0.1, 0.15) is 16.5 Å². The fourth-order valence-electron chi connectivity index (χ4n) is 3.71. The molecule has 0 saturated carbocycles. The smallest absolute Gasteiger partial charge is 0.416 e. The summed E-state index contributed by atoms with van der Waals surface area (Å²) in [5.74, 6) is -1.05. The predicted octanol–water partition coefficient (Wildman–Crippen LogP) is 4.93. The van der Waals surface area contributed by atoms with E-state index < -0.39 is 32.3 Å². The molecule has 170 valence electrons. The maximum atomic E-state index is 14.0. The fraction of sp³-hybridized carbons (Fsp3) is 0.455. The summed E-state index contributed by atoms with van der Waals surface area (Å²) < 4.78 is 83.6. The maximum Gasteiger partial charge on any atom is 0.416 e. The van der Waals surface area contributed by atoms with E-state index in [1.807, 2.05) is 38.1 Å². The molecule has 0 N–H and O–H groups in total. The highest BCUT2D eigenvalue weighted by Crippen LogP contribution is 2.32. The molecule has 1 saturated heterocycles. The molecule has 0 radical (unpaired) electrons. The molecule has 1 aliphatic heterocycles. The second-order valence-corrected chi connectivity index (χ2v) is 10.1. The van der Waals surface area contributed by atoms with Gasteiger partial charge in [0, 0.05) is 13.1 Å². The lowest BCUT2D eigenvalue weighted by Crippen LogP contribution is -2.23. The van der Waals surface area contributed by atoms with E-state index in [0.29, 0.717) is 44.3 Å². The first kappa shape index (κ1) is 23.5. The Morgan fingerprint density at radius 1 is 1.13 bits per heavy atom. The first-order valence-corrected chi connectivity index (χ1v) is 11.7. The largest absolute Gasteiger partial charge is 0.491 e. The molecule has 2 aromatic carbocycles. The summed E-state index contributed by atoms with van der Waals surface area (Å²) in [6, 6.07) is 9.14. The Kier molecular flexibility index (Phi) is 6.95. The SMILES string of the molecule is CC(C)Oc1ccc(CN2CC[C@@H](CS(=O)(=O)c3cc(C(F)(F)F)ccc3F)C2)cc1. The highest BCUT2D eigenvalue weighted by Gasteiger charge is 2.34. The van der Waals surface area contributed by atoms with Crippen LogP contribution in [-0.2, 0) is 22.6 Å². The monoisotopic (exact) mass is 459 g/mol. The van der Waals surface area contributed by atoms with Gasteiger partial charge >= 0.3 is 6.18 Å². The second-order valence-electron chi connectivity index (χ2n) is 8.12. The molecule has 0 bridgehead atoms. The van der Waals surface area contributed by atoms with Gasteiger partial charge in [0.15, 0.2) is 9.84 Å². The molecule has 0 spiro atoms. The van der Waals surface area contributed by atoms with Crippen molar-refractivity contribution in [3.63, 3.8) is 0 Å². The van der Waals surface area contributed by atoms with Crippen LogP contribution in [0.3, 0.4) is 0 Å². The molecule has 3 rings (SSSR count). The van der Waals surface area contributed by atoms with Crippen molar-refractivity contribution in [1.29, 1.82) is 0 Å². The summed E-state index contributed by atoms with van der Waals surface area (Å²) in [5, 5.41) is 0. The van der Waals surface area contributed by atoms with E-state index in [1.165, 1.54) is 0 Å². The Bertz CT molecular complexity index is 1000. The number of benzene rings is 2. The van der Waals surface area contributed by atoms with Crippen molar-refractivity contribution >= 4 is 9.84 Å². The van der Waals surface area contributed by atoms with Crippen LogP contribution in [0.1, 0.15) is 31.4 Å². The summed E-state index contributed by atoms with van der Waals surface area (Å²) in [6.45, 7) is 5.64. The summed E-state index contributed by atoms with van der Waals surface area (Å²) in [6.07, 6.45) is -4.08. The van der Waals surface area contributed by atoms with Crippen LogP contribution in [-0.4, -0.2) is 38.3 Å². The second kappa shape index (κ2) is 9.16. The molecule has 1 aliphatic rings. The number of rotatable bonds is 7. The van der Waals surface area contributed by atoms with E-state index in [-0.39, 0.29) is 17.8 Å². The molecule has 4 nitrogen and oxygen atoms in total. The number of sulfone groups is 1. The van der Waals surface area contributed by atoms with E-state index >= 15 is 0 Å². The third-order valence-electron chi connectivity index (χ3n) is 5.12. The lowest BCUT2D eigenvalue weighted by molar-refractivity contribution is -0.137. The summed E-state index contributed by atoms with van der Waals surface area (Å²) >= 11 is 0. The molecular weight excluding hydrogens is 434 g/mol. The zero-order valence-corrected chi connectivity index (χ0v) is 18.1. The minimum Gasteiger partial charge on any atom is -0.491 e. The molecule has 1 atom stereocenters. The van der Waals surface area contributed by atoms with Crippen LogP contribution in [0.25, 0.3) is 0 Å². The van der Waals surface area contributed by atoms with Crippen LogP contribution < -0.4 is 4.74 Å².